The van der Waals surface area contributed by atoms with Gasteiger partial charge in [-0.1, -0.05) is 48.6 Å². The molecule has 27 heavy (non-hydrogen) atoms. The highest BCUT2D eigenvalue weighted by Gasteiger charge is 2.23. The number of alkyl halides is 1. The summed E-state index contributed by atoms with van der Waals surface area (Å²) in [5.41, 5.74) is 7.39. The van der Waals surface area contributed by atoms with Gasteiger partial charge >= 0.3 is 0 Å². The van der Waals surface area contributed by atoms with Gasteiger partial charge in [-0.05, 0) is 71.7 Å². The van der Waals surface area contributed by atoms with Crippen molar-refractivity contribution >= 4 is 56.8 Å². The van der Waals surface area contributed by atoms with Crippen LogP contribution in [0, 0.1) is 6.92 Å². The minimum Gasteiger partial charge on any atom is -0.387 e. The molecule has 0 amide bonds. The SMILES string of the molecule is C=Cc1n[nH]c(C)c1-c1cnc(C2=CC(I)C(O)C(I)=C2)cc1CCCC. The van der Waals surface area contributed by atoms with Gasteiger partial charge in [-0.3, -0.25) is 10.1 Å². The fourth-order valence-corrected chi connectivity index (χ4v) is 5.43. The number of aromatic nitrogens is 3. The molecule has 1 aliphatic carbocycles. The lowest BCUT2D eigenvalue weighted by Gasteiger charge is -2.21. The normalized spacial score (nSPS) is 19.6. The first-order valence-electron chi connectivity index (χ1n) is 9.04. The summed E-state index contributed by atoms with van der Waals surface area (Å²) >= 11 is 4.49. The van der Waals surface area contributed by atoms with Crippen LogP contribution in [0.3, 0.4) is 0 Å². The van der Waals surface area contributed by atoms with Crippen LogP contribution in [0.5, 0.6) is 0 Å². The topological polar surface area (TPSA) is 61.8 Å². The summed E-state index contributed by atoms with van der Waals surface area (Å²) in [6.45, 7) is 8.13. The van der Waals surface area contributed by atoms with Crippen molar-refractivity contribution in [2.45, 2.75) is 43.1 Å². The number of rotatable bonds is 6. The quantitative estimate of drug-likeness (QED) is 0.340. The molecule has 0 radical (unpaired) electrons. The molecule has 0 saturated heterocycles. The van der Waals surface area contributed by atoms with Crippen LogP contribution >= 0.6 is 45.2 Å². The van der Waals surface area contributed by atoms with Crippen LogP contribution in [0.15, 0.2) is 34.6 Å². The number of nitrogens with one attached hydrogen (secondary N) is 1. The Morgan fingerprint density at radius 2 is 2.19 bits per heavy atom. The van der Waals surface area contributed by atoms with Crippen LogP contribution in [0.2, 0.25) is 0 Å². The molecule has 0 bridgehead atoms. The summed E-state index contributed by atoms with van der Waals surface area (Å²) in [4.78, 5) is 4.76. The third-order valence-corrected chi connectivity index (χ3v) is 6.73. The zero-order valence-corrected chi connectivity index (χ0v) is 19.8. The van der Waals surface area contributed by atoms with Gasteiger partial charge in [0.1, 0.15) is 0 Å². The Balaban J connectivity index is 2.09. The first-order valence-corrected chi connectivity index (χ1v) is 11.4. The molecule has 2 atom stereocenters. The number of halogens is 2. The monoisotopic (exact) mass is 587 g/mol. The van der Waals surface area contributed by atoms with E-state index in [1.807, 2.05) is 19.2 Å². The summed E-state index contributed by atoms with van der Waals surface area (Å²) < 4.78 is 1.00. The first kappa shape index (κ1) is 20.7. The number of hydrogen-bond acceptors (Lipinski definition) is 3. The molecule has 2 aromatic rings. The molecule has 0 saturated carbocycles. The van der Waals surface area contributed by atoms with E-state index in [1.165, 1.54) is 5.56 Å². The van der Waals surface area contributed by atoms with Gasteiger partial charge in [-0.15, -0.1) is 0 Å². The summed E-state index contributed by atoms with van der Waals surface area (Å²) in [7, 11) is 0. The number of allylic oxidation sites excluding steroid dienone is 2. The van der Waals surface area contributed by atoms with E-state index in [1.54, 1.807) is 6.08 Å². The van der Waals surface area contributed by atoms with Crippen molar-refractivity contribution in [2.75, 3.05) is 0 Å². The summed E-state index contributed by atoms with van der Waals surface area (Å²) in [6, 6.07) is 2.19. The number of pyridine rings is 1. The second-order valence-electron chi connectivity index (χ2n) is 6.68. The number of nitrogens with zero attached hydrogens (tertiary/aromatic N) is 2. The Labute approximate surface area is 187 Å². The Bertz CT molecular complexity index is 914. The van der Waals surface area contributed by atoms with Crippen molar-refractivity contribution in [3.63, 3.8) is 0 Å². The zero-order valence-electron chi connectivity index (χ0n) is 15.5. The molecular formula is C21H23I2N3O. The van der Waals surface area contributed by atoms with Crippen molar-refractivity contribution in [3.05, 3.63) is 57.2 Å². The number of aromatic amines is 1. The molecule has 0 aliphatic heterocycles. The van der Waals surface area contributed by atoms with E-state index in [9.17, 15) is 5.11 Å². The largest absolute Gasteiger partial charge is 0.387 e. The molecule has 1 aliphatic rings. The lowest BCUT2D eigenvalue weighted by Crippen LogP contribution is -2.21. The van der Waals surface area contributed by atoms with Crippen molar-refractivity contribution in [3.8, 4) is 11.1 Å². The van der Waals surface area contributed by atoms with Crippen molar-refractivity contribution in [1.29, 1.82) is 0 Å². The Hall–Kier alpha value is -1.000. The third-order valence-electron chi connectivity index (χ3n) is 4.74. The number of H-pyrrole nitrogens is 1. The Kier molecular flexibility index (Phi) is 6.91. The van der Waals surface area contributed by atoms with E-state index >= 15 is 0 Å². The minimum atomic E-state index is -0.433. The van der Waals surface area contributed by atoms with Gasteiger partial charge in [-0.2, -0.15) is 5.10 Å². The molecule has 3 rings (SSSR count). The minimum absolute atomic E-state index is 0.0542. The standard InChI is InChI=1S/C21H23I2N3O/c1-4-6-7-13-10-19(14-8-16(22)21(27)17(23)9-14)24-11-15(13)20-12(3)25-26-18(20)5-2/h5,8-11,16,21,27H,2,4,6-7H2,1,3H3,(H,25,26). The average molecular weight is 587 g/mol. The van der Waals surface area contributed by atoms with E-state index in [2.05, 4.69) is 81.0 Å². The number of unbranched alkanes of at least 4 members (excludes halogenated alkanes) is 1. The maximum atomic E-state index is 10.2. The van der Waals surface area contributed by atoms with Gasteiger partial charge in [0.25, 0.3) is 0 Å². The maximum absolute atomic E-state index is 10.2. The number of aryl methyl sites for hydroxylation is 2. The molecule has 0 spiro atoms. The summed E-state index contributed by atoms with van der Waals surface area (Å²) in [5.74, 6) is 0. The van der Waals surface area contributed by atoms with Crippen LogP contribution < -0.4 is 0 Å². The molecule has 0 aromatic carbocycles. The predicted molar refractivity (Wildman–Crippen MR) is 129 cm³/mol. The average Bonchev–Trinajstić information content (AvgIpc) is 3.04. The predicted octanol–water partition coefficient (Wildman–Crippen LogP) is 5.65. The Morgan fingerprint density at radius 3 is 2.85 bits per heavy atom. The molecule has 4 nitrogen and oxygen atoms in total. The molecule has 0 fully saturated rings. The van der Waals surface area contributed by atoms with Gasteiger partial charge in [0.05, 0.1) is 21.4 Å². The molecule has 2 heterocycles. The van der Waals surface area contributed by atoms with Gasteiger partial charge < -0.3 is 5.11 Å². The highest BCUT2D eigenvalue weighted by atomic mass is 127. The van der Waals surface area contributed by atoms with E-state index in [4.69, 9.17) is 4.98 Å². The van der Waals surface area contributed by atoms with Crippen LogP contribution in [-0.4, -0.2) is 30.3 Å². The summed E-state index contributed by atoms with van der Waals surface area (Å²) in [5, 5.41) is 17.6. The molecule has 2 N–H and O–H groups in total. The lowest BCUT2D eigenvalue weighted by atomic mass is 9.93. The highest BCUT2D eigenvalue weighted by molar-refractivity contribution is 14.1. The maximum Gasteiger partial charge on any atom is 0.0999 e. The van der Waals surface area contributed by atoms with Crippen molar-refractivity contribution in [2.24, 2.45) is 0 Å². The van der Waals surface area contributed by atoms with Crippen molar-refractivity contribution in [1.82, 2.24) is 15.2 Å². The van der Waals surface area contributed by atoms with Crippen molar-refractivity contribution < 1.29 is 5.11 Å². The van der Waals surface area contributed by atoms with Crippen LogP contribution in [0.4, 0.5) is 0 Å². The van der Waals surface area contributed by atoms with Gasteiger partial charge in [0.2, 0.25) is 0 Å². The van der Waals surface area contributed by atoms with Crippen LogP contribution in [-0.2, 0) is 6.42 Å². The van der Waals surface area contributed by atoms with E-state index in [0.717, 1.165) is 56.6 Å². The molecule has 6 heteroatoms. The molecule has 2 aromatic heterocycles. The molecule has 142 valence electrons. The van der Waals surface area contributed by atoms with Crippen LogP contribution in [0.25, 0.3) is 22.8 Å². The van der Waals surface area contributed by atoms with E-state index < -0.39 is 6.10 Å². The number of aliphatic hydroxyl groups excluding tert-OH is 1. The van der Waals surface area contributed by atoms with Gasteiger partial charge in [-0.25, -0.2) is 0 Å². The highest BCUT2D eigenvalue weighted by Crippen LogP contribution is 2.35. The smallest absolute Gasteiger partial charge is 0.0999 e. The fraction of sp³-hybridized carbons (Fsp3) is 0.333. The second kappa shape index (κ2) is 9.00. The van der Waals surface area contributed by atoms with E-state index in [0.29, 0.717) is 0 Å². The van der Waals surface area contributed by atoms with Gasteiger partial charge in [0.15, 0.2) is 0 Å². The second-order valence-corrected chi connectivity index (χ2v) is 9.37. The third kappa shape index (κ3) is 4.37. The number of hydrogen-bond donors (Lipinski definition) is 2. The van der Waals surface area contributed by atoms with Gasteiger partial charge in [0, 0.05) is 26.6 Å². The first-order chi connectivity index (χ1) is 13.0. The zero-order chi connectivity index (χ0) is 19.6. The molecule has 2 unspecified atom stereocenters. The van der Waals surface area contributed by atoms with E-state index in [-0.39, 0.29) is 3.92 Å². The Morgan fingerprint density at radius 1 is 1.41 bits per heavy atom. The summed E-state index contributed by atoms with van der Waals surface area (Å²) in [6.07, 6.45) is 10.7. The fourth-order valence-electron chi connectivity index (χ4n) is 3.25. The number of aliphatic hydroxyl groups is 1. The van der Waals surface area contributed by atoms with Crippen LogP contribution in [0.1, 0.15) is 42.4 Å². The molecular weight excluding hydrogens is 564 g/mol. The lowest BCUT2D eigenvalue weighted by molar-refractivity contribution is 0.233.